The minimum atomic E-state index is -0.219. The van der Waals surface area contributed by atoms with Gasteiger partial charge in [-0.05, 0) is 62.7 Å². The van der Waals surface area contributed by atoms with Crippen molar-refractivity contribution in [3.8, 4) is 5.75 Å². The van der Waals surface area contributed by atoms with Gasteiger partial charge in [0.2, 0.25) is 0 Å². The van der Waals surface area contributed by atoms with Crippen LogP contribution in [0.1, 0.15) is 24.4 Å². The van der Waals surface area contributed by atoms with E-state index in [9.17, 15) is 0 Å². The van der Waals surface area contributed by atoms with E-state index in [-0.39, 0.29) is 5.54 Å². The predicted molar refractivity (Wildman–Crippen MR) is 132 cm³/mol. The molecule has 1 aliphatic rings. The lowest BCUT2D eigenvalue weighted by Gasteiger charge is -2.13. The van der Waals surface area contributed by atoms with Crippen LogP contribution in [0.25, 0.3) is 10.9 Å². The molecular weight excluding hydrogens is 436 g/mol. The van der Waals surface area contributed by atoms with E-state index in [2.05, 4.69) is 30.6 Å². The monoisotopic (exact) mass is 460 g/mol. The number of thiazole rings is 1. The summed E-state index contributed by atoms with van der Waals surface area (Å²) in [4.78, 5) is 17.7. The fourth-order valence-electron chi connectivity index (χ4n) is 3.50. The van der Waals surface area contributed by atoms with Crippen LogP contribution in [0.3, 0.4) is 0 Å². The lowest BCUT2D eigenvalue weighted by atomic mass is 10.1. The molecule has 9 heteroatoms. The molecule has 0 saturated heterocycles. The number of aliphatic imine (C=N–C) groups is 1. The van der Waals surface area contributed by atoms with E-state index in [0.29, 0.717) is 25.1 Å². The van der Waals surface area contributed by atoms with Gasteiger partial charge in [0.1, 0.15) is 36.1 Å². The molecule has 1 aliphatic heterocycles. The number of ether oxygens (including phenoxy) is 2. The summed E-state index contributed by atoms with van der Waals surface area (Å²) in [6.45, 7) is 7.11. The molecule has 0 aliphatic carbocycles. The molecule has 0 fully saturated rings. The molecule has 0 bridgehead atoms. The molecule has 0 amide bonds. The number of nitrogens with zero attached hydrogens (tertiary/aromatic N) is 4. The van der Waals surface area contributed by atoms with Gasteiger partial charge >= 0.3 is 0 Å². The van der Waals surface area contributed by atoms with Gasteiger partial charge in [-0.2, -0.15) is 0 Å². The van der Waals surface area contributed by atoms with Crippen LogP contribution < -0.4 is 15.4 Å². The van der Waals surface area contributed by atoms with Crippen molar-refractivity contribution in [2.75, 3.05) is 17.2 Å². The number of amidine groups is 1. The van der Waals surface area contributed by atoms with Gasteiger partial charge in [0.15, 0.2) is 0 Å². The lowest BCUT2D eigenvalue weighted by molar-refractivity contribution is 0.278. The molecule has 2 aromatic heterocycles. The Labute approximate surface area is 195 Å². The average Bonchev–Trinajstić information content (AvgIpc) is 3.43. The first-order valence-corrected chi connectivity index (χ1v) is 11.5. The van der Waals surface area contributed by atoms with Crippen molar-refractivity contribution in [2.24, 2.45) is 4.99 Å². The van der Waals surface area contributed by atoms with Crippen molar-refractivity contribution in [3.63, 3.8) is 0 Å². The van der Waals surface area contributed by atoms with Gasteiger partial charge in [0.05, 0.1) is 11.1 Å². The SMILES string of the molecule is Cc1cc(Nc2ncnc3ccc(NC4=NC(C)(C)CO4)cc23)ccc1OCc1nccs1. The van der Waals surface area contributed by atoms with Crippen molar-refractivity contribution in [3.05, 3.63) is 64.9 Å². The molecule has 8 nitrogen and oxygen atoms in total. The van der Waals surface area contributed by atoms with E-state index in [0.717, 1.165) is 38.6 Å². The van der Waals surface area contributed by atoms with Crippen LogP contribution in [0.2, 0.25) is 0 Å². The largest absolute Gasteiger partial charge is 0.486 e. The number of anilines is 3. The topological polar surface area (TPSA) is 93.6 Å². The van der Waals surface area contributed by atoms with E-state index >= 15 is 0 Å². The molecule has 0 saturated carbocycles. The van der Waals surface area contributed by atoms with Gasteiger partial charge in [0.25, 0.3) is 6.02 Å². The predicted octanol–water partition coefficient (Wildman–Crippen LogP) is 5.29. The molecule has 0 atom stereocenters. The van der Waals surface area contributed by atoms with E-state index in [1.165, 1.54) is 0 Å². The van der Waals surface area contributed by atoms with E-state index in [1.54, 1.807) is 23.9 Å². The Balaban J connectivity index is 1.35. The summed E-state index contributed by atoms with van der Waals surface area (Å²) >= 11 is 1.58. The van der Waals surface area contributed by atoms with Crippen LogP contribution in [0.5, 0.6) is 5.75 Å². The second-order valence-corrected chi connectivity index (χ2v) is 9.40. The maximum absolute atomic E-state index is 5.91. The van der Waals surface area contributed by atoms with Gasteiger partial charge in [-0.3, -0.25) is 0 Å². The van der Waals surface area contributed by atoms with Gasteiger partial charge in [-0.1, -0.05) is 0 Å². The van der Waals surface area contributed by atoms with Crippen LogP contribution in [-0.2, 0) is 11.3 Å². The average molecular weight is 461 g/mol. The zero-order valence-corrected chi connectivity index (χ0v) is 19.4. The molecule has 0 radical (unpaired) electrons. The van der Waals surface area contributed by atoms with Crippen LogP contribution in [0.4, 0.5) is 17.2 Å². The van der Waals surface area contributed by atoms with Gasteiger partial charge < -0.3 is 20.1 Å². The van der Waals surface area contributed by atoms with Crippen LogP contribution in [0, 0.1) is 6.92 Å². The van der Waals surface area contributed by atoms with Gasteiger partial charge in [-0.15, -0.1) is 11.3 Å². The highest BCUT2D eigenvalue weighted by Gasteiger charge is 2.26. The van der Waals surface area contributed by atoms with Crippen molar-refractivity contribution in [2.45, 2.75) is 32.9 Å². The Morgan fingerprint density at radius 1 is 1.06 bits per heavy atom. The number of rotatable bonds is 6. The van der Waals surface area contributed by atoms with E-state index in [4.69, 9.17) is 9.47 Å². The maximum Gasteiger partial charge on any atom is 0.289 e. The summed E-state index contributed by atoms with van der Waals surface area (Å²) in [5.74, 6) is 1.55. The van der Waals surface area contributed by atoms with Crippen molar-refractivity contribution >= 4 is 45.5 Å². The minimum Gasteiger partial charge on any atom is -0.486 e. The third-order valence-electron chi connectivity index (χ3n) is 5.13. The van der Waals surface area contributed by atoms with E-state index in [1.807, 2.05) is 62.5 Å². The molecular formula is C24H24N6O2S. The standard InChI is InChI=1S/C24H24N6O2S/c1-15-10-16(5-7-20(15)31-12-21-25-8-9-33-21)28-22-18-11-17(4-6-19(18)26-14-27-22)29-23-30-24(2,3)13-32-23/h4-11,14H,12-13H2,1-3H3,(H,29,30)(H,26,27,28). The third-order valence-corrected chi connectivity index (χ3v) is 5.88. The summed E-state index contributed by atoms with van der Waals surface area (Å²) in [6, 6.07) is 12.4. The number of aromatic nitrogens is 3. The molecule has 0 spiro atoms. The Hall–Kier alpha value is -3.72. The van der Waals surface area contributed by atoms with Crippen LogP contribution in [0.15, 0.2) is 59.3 Å². The highest BCUT2D eigenvalue weighted by atomic mass is 32.1. The molecule has 2 aromatic carbocycles. The van der Waals surface area contributed by atoms with Crippen LogP contribution >= 0.6 is 11.3 Å². The van der Waals surface area contributed by atoms with Crippen molar-refractivity contribution < 1.29 is 9.47 Å². The highest BCUT2D eigenvalue weighted by Crippen LogP contribution is 2.29. The van der Waals surface area contributed by atoms with Crippen molar-refractivity contribution in [1.29, 1.82) is 0 Å². The second-order valence-electron chi connectivity index (χ2n) is 8.42. The number of aryl methyl sites for hydroxylation is 1. The quantitative estimate of drug-likeness (QED) is 0.404. The zero-order valence-electron chi connectivity index (χ0n) is 18.6. The van der Waals surface area contributed by atoms with Crippen molar-refractivity contribution in [1.82, 2.24) is 15.0 Å². The molecule has 4 aromatic rings. The molecule has 0 unspecified atom stereocenters. The summed E-state index contributed by atoms with van der Waals surface area (Å²) in [5.41, 5.74) is 3.42. The second kappa shape index (κ2) is 8.67. The Bertz CT molecular complexity index is 1320. The lowest BCUT2D eigenvalue weighted by Crippen LogP contribution is -2.17. The first kappa shape index (κ1) is 21.1. The Kier molecular flexibility index (Phi) is 5.55. The summed E-state index contributed by atoms with van der Waals surface area (Å²) in [7, 11) is 0. The maximum atomic E-state index is 5.91. The summed E-state index contributed by atoms with van der Waals surface area (Å²) < 4.78 is 11.6. The first-order valence-electron chi connectivity index (χ1n) is 10.6. The smallest absolute Gasteiger partial charge is 0.289 e. The number of nitrogens with one attached hydrogen (secondary N) is 2. The zero-order chi connectivity index (χ0) is 22.8. The normalized spacial score (nSPS) is 14.6. The number of benzene rings is 2. The van der Waals surface area contributed by atoms with E-state index < -0.39 is 0 Å². The first-order chi connectivity index (χ1) is 15.9. The fourth-order valence-corrected chi connectivity index (χ4v) is 4.02. The molecule has 168 valence electrons. The number of hydrogen-bond donors (Lipinski definition) is 2. The minimum absolute atomic E-state index is 0.219. The fraction of sp³-hybridized carbons (Fsp3) is 0.250. The summed E-state index contributed by atoms with van der Waals surface area (Å²) in [5, 5.41) is 10.4. The van der Waals surface area contributed by atoms with Gasteiger partial charge in [-0.25, -0.2) is 19.9 Å². The molecule has 3 heterocycles. The molecule has 5 rings (SSSR count). The number of hydrogen-bond acceptors (Lipinski definition) is 9. The van der Waals surface area contributed by atoms with Crippen LogP contribution in [-0.4, -0.2) is 33.1 Å². The molecule has 33 heavy (non-hydrogen) atoms. The Morgan fingerprint density at radius 3 is 2.67 bits per heavy atom. The molecule has 2 N–H and O–H groups in total. The number of fused-ring (bicyclic) bond motifs is 1. The Morgan fingerprint density at radius 2 is 1.91 bits per heavy atom. The highest BCUT2D eigenvalue weighted by molar-refractivity contribution is 7.09. The summed E-state index contributed by atoms with van der Waals surface area (Å²) in [6.07, 6.45) is 3.34. The van der Waals surface area contributed by atoms with Gasteiger partial charge in [0, 0.05) is 28.3 Å². The third kappa shape index (κ3) is 4.88.